The van der Waals surface area contributed by atoms with Crippen molar-refractivity contribution in [3.8, 4) is 0 Å². The number of fused-ring (bicyclic) bond motifs is 1. The Bertz CT molecular complexity index is 1090. The van der Waals surface area contributed by atoms with Crippen molar-refractivity contribution in [1.29, 1.82) is 0 Å². The van der Waals surface area contributed by atoms with E-state index in [1.807, 2.05) is 13.0 Å². The second-order valence-corrected chi connectivity index (χ2v) is 11.0. The summed E-state index contributed by atoms with van der Waals surface area (Å²) in [5, 5.41) is 12.7. The molecule has 218 valence electrons. The number of hydrogen-bond donors (Lipinski definition) is 2. The molecule has 2 fully saturated rings. The molecule has 0 saturated carbocycles. The zero-order valence-electron chi connectivity index (χ0n) is 22.8. The maximum absolute atomic E-state index is 13.0. The van der Waals surface area contributed by atoms with E-state index in [9.17, 15) is 24.3 Å². The molecule has 0 spiro atoms. The summed E-state index contributed by atoms with van der Waals surface area (Å²) >= 11 is 1.43. The van der Waals surface area contributed by atoms with Gasteiger partial charge in [0, 0.05) is 29.2 Å². The molecule has 0 aromatic carbocycles. The fraction of sp³-hybridized carbons (Fsp3) is 0.500. The van der Waals surface area contributed by atoms with E-state index in [4.69, 9.17) is 14.2 Å². The lowest BCUT2D eigenvalue weighted by molar-refractivity contribution is -0.164. The molecule has 0 radical (unpaired) electrons. The number of nitrogens with one attached hydrogen (secondary N) is 1. The number of esters is 1. The molecule has 3 rings (SSSR count). The summed E-state index contributed by atoms with van der Waals surface area (Å²) in [6.45, 7) is 14.8. The van der Waals surface area contributed by atoms with Crippen LogP contribution in [-0.4, -0.2) is 95.3 Å². The summed E-state index contributed by atoms with van der Waals surface area (Å²) in [5.41, 5.74) is 0.188. The van der Waals surface area contributed by atoms with Crippen LogP contribution in [0.15, 0.2) is 60.7 Å². The fourth-order valence-corrected chi connectivity index (χ4v) is 6.66. The van der Waals surface area contributed by atoms with Gasteiger partial charge < -0.3 is 34.4 Å². The number of likely N-dealkylation sites (tertiary alicyclic amines) is 1. The van der Waals surface area contributed by atoms with Crippen LogP contribution in [0.2, 0.25) is 0 Å². The molecule has 0 bridgehead atoms. The van der Waals surface area contributed by atoms with Gasteiger partial charge >= 0.3 is 18.2 Å². The minimum Gasteiger partial charge on any atom is -0.457 e. The standard InChI is InChI=1S/C28H37N3O8S/c1-6-12-37-26(34)23-24(17(4)22-21(18(5)32)25(33)31(22)23)40-20-15-19(30(16-20)28(36)39-14-8-3)10-9-11-29-27(35)38-13-7-2/h6-10,17-22,32H,1-3,11-16H2,4-5H3,(H,29,35)/b10-9-/t17-,18-,19-,20+,21-,22-/m1/s1. The third kappa shape index (κ3) is 6.79. The summed E-state index contributed by atoms with van der Waals surface area (Å²) in [5.74, 6) is -1.75. The number of carbonyl (C=O) groups is 4. The lowest BCUT2D eigenvalue weighted by Crippen LogP contribution is -2.63. The fourth-order valence-electron chi connectivity index (χ4n) is 5.12. The minimum absolute atomic E-state index is 0.00439. The Hall–Kier alpha value is -3.51. The van der Waals surface area contributed by atoms with Crippen molar-refractivity contribution in [3.63, 3.8) is 0 Å². The normalized spacial score (nSPS) is 26.2. The minimum atomic E-state index is -0.857. The van der Waals surface area contributed by atoms with Gasteiger partial charge in [0.2, 0.25) is 5.91 Å². The van der Waals surface area contributed by atoms with Crippen LogP contribution in [0.1, 0.15) is 20.3 Å². The number of β-lactam (4-membered cyclic amide) rings is 1. The quantitative estimate of drug-likeness (QED) is 0.147. The van der Waals surface area contributed by atoms with Crippen LogP contribution in [0.25, 0.3) is 0 Å². The maximum atomic E-state index is 13.0. The predicted octanol–water partition coefficient (Wildman–Crippen LogP) is 2.75. The van der Waals surface area contributed by atoms with Gasteiger partial charge in [-0.3, -0.25) is 4.79 Å². The van der Waals surface area contributed by atoms with Crippen LogP contribution in [0.3, 0.4) is 0 Å². The van der Waals surface area contributed by atoms with E-state index in [-0.39, 0.29) is 61.2 Å². The highest BCUT2D eigenvalue weighted by atomic mass is 32.2. The number of thioether (sulfide) groups is 1. The van der Waals surface area contributed by atoms with Crippen molar-refractivity contribution in [1.82, 2.24) is 15.1 Å². The highest BCUT2D eigenvalue weighted by molar-refractivity contribution is 8.03. The molecule has 3 amide bonds. The van der Waals surface area contributed by atoms with Gasteiger partial charge in [-0.05, 0) is 13.3 Å². The number of aliphatic hydroxyl groups is 1. The number of alkyl carbamates (subject to hydrolysis) is 1. The first-order valence-corrected chi connectivity index (χ1v) is 14.0. The molecule has 12 heteroatoms. The average Bonchev–Trinajstić information content (AvgIpc) is 3.43. The molecule has 6 atom stereocenters. The molecule has 0 aliphatic carbocycles. The molecule has 0 unspecified atom stereocenters. The number of carbonyl (C=O) groups excluding carboxylic acids is 4. The van der Waals surface area contributed by atoms with Gasteiger partial charge in [-0.15, -0.1) is 11.8 Å². The zero-order chi connectivity index (χ0) is 29.4. The number of ether oxygens (including phenoxy) is 3. The smallest absolute Gasteiger partial charge is 0.410 e. The first kappa shape index (κ1) is 31.0. The number of nitrogens with zero attached hydrogens (tertiary/aromatic N) is 2. The van der Waals surface area contributed by atoms with Crippen molar-refractivity contribution in [3.05, 3.63) is 60.7 Å². The molecular formula is C28H37N3O8S. The van der Waals surface area contributed by atoms with Gasteiger partial charge in [-0.1, -0.05) is 57.0 Å². The van der Waals surface area contributed by atoms with Gasteiger partial charge in [-0.25, -0.2) is 14.4 Å². The van der Waals surface area contributed by atoms with Crippen LogP contribution >= 0.6 is 11.8 Å². The van der Waals surface area contributed by atoms with Gasteiger partial charge in [-0.2, -0.15) is 0 Å². The summed E-state index contributed by atoms with van der Waals surface area (Å²) in [6.07, 6.45) is 6.53. The monoisotopic (exact) mass is 575 g/mol. The first-order valence-electron chi connectivity index (χ1n) is 13.1. The molecule has 3 aliphatic heterocycles. The summed E-state index contributed by atoms with van der Waals surface area (Å²) in [7, 11) is 0. The van der Waals surface area contributed by atoms with E-state index >= 15 is 0 Å². The number of rotatable bonds is 13. The van der Waals surface area contributed by atoms with E-state index < -0.39 is 30.2 Å². The van der Waals surface area contributed by atoms with Crippen molar-refractivity contribution < 1.29 is 38.5 Å². The van der Waals surface area contributed by atoms with Gasteiger partial charge in [0.05, 0.1) is 24.1 Å². The van der Waals surface area contributed by atoms with E-state index in [2.05, 4.69) is 25.1 Å². The molecule has 0 aromatic rings. The van der Waals surface area contributed by atoms with E-state index in [0.29, 0.717) is 17.9 Å². The SMILES string of the molecule is C=CCOC(=O)NC/C=C\[C@@H]1C[C@H](SC2=C(C(=O)OCC=C)N3C(=O)[C@H]([C@@H](C)O)[C@H]3[C@H]2C)CN1C(=O)OCC=C. The van der Waals surface area contributed by atoms with Crippen molar-refractivity contribution in [2.24, 2.45) is 11.8 Å². The largest absolute Gasteiger partial charge is 0.457 e. The molecule has 2 N–H and O–H groups in total. The Morgan fingerprint density at radius 1 is 1.12 bits per heavy atom. The highest BCUT2D eigenvalue weighted by Gasteiger charge is 2.60. The Morgan fingerprint density at radius 2 is 1.77 bits per heavy atom. The second-order valence-electron chi connectivity index (χ2n) is 9.61. The van der Waals surface area contributed by atoms with Crippen LogP contribution in [0.4, 0.5) is 9.59 Å². The molecule has 2 saturated heterocycles. The third-order valence-corrected chi connectivity index (χ3v) is 8.34. The summed E-state index contributed by atoms with van der Waals surface area (Å²) < 4.78 is 15.5. The van der Waals surface area contributed by atoms with Gasteiger partial charge in [0.25, 0.3) is 0 Å². The Kier molecular flexibility index (Phi) is 11.0. The highest BCUT2D eigenvalue weighted by Crippen LogP contribution is 2.52. The van der Waals surface area contributed by atoms with Gasteiger partial charge in [0.1, 0.15) is 25.5 Å². The van der Waals surface area contributed by atoms with E-state index in [0.717, 1.165) is 0 Å². The topological polar surface area (TPSA) is 135 Å². The number of hydrogen-bond acceptors (Lipinski definition) is 9. The summed E-state index contributed by atoms with van der Waals surface area (Å²) in [6, 6.07) is -0.683. The molecule has 3 aliphatic rings. The molecule has 11 nitrogen and oxygen atoms in total. The lowest BCUT2D eigenvalue weighted by atomic mass is 9.79. The average molecular weight is 576 g/mol. The second kappa shape index (κ2) is 14.2. The maximum Gasteiger partial charge on any atom is 0.410 e. The Balaban J connectivity index is 1.79. The molecular weight excluding hydrogens is 538 g/mol. The first-order chi connectivity index (χ1) is 19.2. The van der Waals surface area contributed by atoms with Crippen LogP contribution in [-0.2, 0) is 23.8 Å². The number of amides is 3. The van der Waals surface area contributed by atoms with Crippen molar-refractivity contribution in [2.75, 3.05) is 32.9 Å². The molecule has 40 heavy (non-hydrogen) atoms. The van der Waals surface area contributed by atoms with Crippen LogP contribution in [0.5, 0.6) is 0 Å². The molecule has 0 aromatic heterocycles. The zero-order valence-corrected chi connectivity index (χ0v) is 23.6. The van der Waals surface area contributed by atoms with Gasteiger partial charge in [0.15, 0.2) is 0 Å². The van der Waals surface area contributed by atoms with Crippen LogP contribution < -0.4 is 5.32 Å². The predicted molar refractivity (Wildman–Crippen MR) is 150 cm³/mol. The number of aliphatic hydroxyl groups excluding tert-OH is 1. The Morgan fingerprint density at radius 3 is 2.42 bits per heavy atom. The summed E-state index contributed by atoms with van der Waals surface area (Å²) in [4.78, 5) is 54.2. The molecule has 3 heterocycles. The van der Waals surface area contributed by atoms with E-state index in [1.165, 1.54) is 34.9 Å². The van der Waals surface area contributed by atoms with Crippen molar-refractivity contribution >= 4 is 35.8 Å². The Labute approximate surface area is 238 Å². The lowest BCUT2D eigenvalue weighted by Gasteiger charge is -2.46. The third-order valence-electron chi connectivity index (χ3n) is 6.85. The van der Waals surface area contributed by atoms with Crippen molar-refractivity contribution in [2.45, 2.75) is 43.7 Å². The van der Waals surface area contributed by atoms with E-state index in [1.54, 1.807) is 17.9 Å². The van der Waals surface area contributed by atoms with Crippen LogP contribution in [0, 0.1) is 11.8 Å².